The van der Waals surface area contributed by atoms with Gasteiger partial charge in [0, 0.05) is 0 Å². The zero-order valence-electron chi connectivity index (χ0n) is 11.4. The molecule has 112 valence electrons. The molecule has 0 rings (SSSR count). The summed E-state index contributed by atoms with van der Waals surface area (Å²) in [5, 5.41) is 0. The van der Waals surface area contributed by atoms with E-state index in [1.807, 2.05) is 0 Å². The summed E-state index contributed by atoms with van der Waals surface area (Å²) in [5.41, 5.74) is 0. The van der Waals surface area contributed by atoms with E-state index in [0.29, 0.717) is 19.8 Å². The molecule has 6 heteroatoms. The predicted molar refractivity (Wildman–Crippen MR) is 81.5 cm³/mol. The zero-order valence-corrected chi connectivity index (χ0v) is 12.3. The second-order valence-corrected chi connectivity index (χ2v) is 5.68. The predicted octanol–water partition coefficient (Wildman–Crippen LogP) is 3.09. The van der Waals surface area contributed by atoms with Crippen LogP contribution in [0.25, 0.3) is 0 Å². The van der Waals surface area contributed by atoms with Crippen LogP contribution in [0.15, 0.2) is 0 Å². The molecule has 18 heavy (non-hydrogen) atoms. The molecule has 0 radical (unpaired) electrons. The number of hydrogen-bond donors (Lipinski definition) is 0. The summed E-state index contributed by atoms with van der Waals surface area (Å²) in [6.07, 6.45) is 5.63. The molecule has 0 saturated heterocycles. The quantitative estimate of drug-likeness (QED) is 0.293. The number of phosphoric acid groups is 1. The van der Waals surface area contributed by atoms with E-state index < -0.39 is 7.82 Å². The fourth-order valence-electron chi connectivity index (χ4n) is 1.07. The van der Waals surface area contributed by atoms with Crippen LogP contribution in [0, 0.1) is 0 Å². The molecule has 0 amide bonds. The van der Waals surface area contributed by atoms with Crippen molar-refractivity contribution in [3.05, 3.63) is 0 Å². The van der Waals surface area contributed by atoms with Crippen LogP contribution in [0.3, 0.4) is 0 Å². The Morgan fingerprint density at radius 3 is 1.22 bits per heavy atom. The van der Waals surface area contributed by atoms with Gasteiger partial charge in [-0.2, -0.15) is 0 Å². The van der Waals surface area contributed by atoms with Crippen molar-refractivity contribution in [2.45, 2.75) is 59.3 Å². The molecule has 4 nitrogen and oxygen atoms in total. The van der Waals surface area contributed by atoms with Gasteiger partial charge in [-0.1, -0.05) is 40.0 Å². The third kappa shape index (κ3) is 12.0. The first-order valence-corrected chi connectivity index (χ1v) is 8.18. The van der Waals surface area contributed by atoms with Gasteiger partial charge < -0.3 is 0 Å². The molecule has 0 aromatic carbocycles. The molecule has 0 aromatic rings. The topological polar surface area (TPSA) is 44.8 Å². The van der Waals surface area contributed by atoms with Crippen LogP contribution in [0.5, 0.6) is 0 Å². The molecule has 0 N–H and O–H groups in total. The van der Waals surface area contributed by atoms with Crippen LogP contribution in [-0.2, 0) is 18.1 Å². The number of rotatable bonds is 12. The number of unbranched alkanes of at least 4 members (excludes halogenated alkanes) is 3. The second kappa shape index (κ2) is 14.3. The van der Waals surface area contributed by atoms with Crippen LogP contribution < -0.4 is 0 Å². The minimum absolute atomic E-state index is 0. The van der Waals surface area contributed by atoms with Gasteiger partial charge in [-0.15, -0.1) is 0 Å². The van der Waals surface area contributed by atoms with Gasteiger partial charge in [-0.3, -0.25) is 13.6 Å². The monoisotopic (exact) mass is 390 g/mol. The maximum absolute atomic E-state index is 12.2. The Labute approximate surface area is 129 Å². The van der Waals surface area contributed by atoms with E-state index in [4.69, 9.17) is 13.6 Å². The Morgan fingerprint density at radius 2 is 1.00 bits per heavy atom. The number of phosphoric ester groups is 1. The van der Waals surface area contributed by atoms with Crippen LogP contribution in [0.2, 0.25) is 0 Å². The Morgan fingerprint density at radius 1 is 0.722 bits per heavy atom. The van der Waals surface area contributed by atoms with Gasteiger partial charge in [0.15, 0.2) is 0 Å². The molecular formula is C12H31O4PSn. The van der Waals surface area contributed by atoms with Crippen LogP contribution >= 0.6 is 7.82 Å². The van der Waals surface area contributed by atoms with E-state index in [1.54, 1.807) is 0 Å². The van der Waals surface area contributed by atoms with Crippen LogP contribution in [0.1, 0.15) is 59.3 Å². The van der Waals surface area contributed by atoms with Gasteiger partial charge in [0.05, 0.1) is 19.8 Å². The van der Waals surface area contributed by atoms with Crippen LogP contribution in [-0.4, -0.2) is 43.7 Å². The van der Waals surface area contributed by atoms with E-state index in [-0.39, 0.29) is 23.9 Å². The molecule has 0 fully saturated rings. The Balaban J connectivity index is 0. The molecule has 0 heterocycles. The van der Waals surface area contributed by atoms with Crippen LogP contribution in [0.4, 0.5) is 0 Å². The first-order chi connectivity index (χ1) is 8.18. The average molecular weight is 389 g/mol. The molecule has 0 bridgehead atoms. The summed E-state index contributed by atoms with van der Waals surface area (Å²) in [6.45, 7) is 7.49. The van der Waals surface area contributed by atoms with E-state index in [9.17, 15) is 4.57 Å². The molecular weight excluding hydrogens is 358 g/mol. The first-order valence-electron chi connectivity index (χ1n) is 6.72. The SMILES string of the molecule is CCCCOP(=O)(OCCCC)OCCCC.[SnH4]. The molecule has 0 unspecified atom stereocenters. The molecule has 0 aliphatic carbocycles. The summed E-state index contributed by atoms with van der Waals surface area (Å²) < 4.78 is 28.0. The normalized spacial score (nSPS) is 11.3. The minimum atomic E-state index is -3.31. The van der Waals surface area contributed by atoms with Crippen molar-refractivity contribution in [3.8, 4) is 0 Å². The Bertz CT molecular complexity index is 181. The summed E-state index contributed by atoms with van der Waals surface area (Å²) in [7, 11) is -3.31. The average Bonchev–Trinajstić information content (AvgIpc) is 2.30. The van der Waals surface area contributed by atoms with E-state index in [2.05, 4.69) is 20.8 Å². The third-order valence-corrected chi connectivity index (χ3v) is 3.74. The fraction of sp³-hybridized carbons (Fsp3) is 1.00. The Kier molecular flexibility index (Phi) is 16.9. The van der Waals surface area contributed by atoms with E-state index in [0.717, 1.165) is 38.5 Å². The molecule has 0 saturated carbocycles. The fourth-order valence-corrected chi connectivity index (χ4v) is 2.36. The maximum atomic E-state index is 12.2. The summed E-state index contributed by atoms with van der Waals surface area (Å²) >= 11 is 0. The standard InChI is InChI=1S/C12H27O4P.Sn.4H/c1-4-7-10-14-17(13,15-11-8-5-2)16-12-9-6-3;;;;;/h4-12H2,1-3H3;;;;;. The summed E-state index contributed by atoms with van der Waals surface area (Å²) in [5.74, 6) is 0. The van der Waals surface area contributed by atoms with Crippen molar-refractivity contribution in [1.29, 1.82) is 0 Å². The summed E-state index contributed by atoms with van der Waals surface area (Å²) in [6, 6.07) is 0. The summed E-state index contributed by atoms with van der Waals surface area (Å²) in [4.78, 5) is 0. The van der Waals surface area contributed by atoms with Gasteiger partial charge in [-0.05, 0) is 19.3 Å². The first kappa shape index (κ1) is 21.2. The van der Waals surface area contributed by atoms with Gasteiger partial charge in [0.25, 0.3) is 0 Å². The molecule has 0 atom stereocenters. The van der Waals surface area contributed by atoms with E-state index in [1.165, 1.54) is 0 Å². The van der Waals surface area contributed by atoms with Crippen molar-refractivity contribution in [2.75, 3.05) is 19.8 Å². The molecule has 0 spiro atoms. The van der Waals surface area contributed by atoms with Crippen molar-refractivity contribution in [1.82, 2.24) is 0 Å². The van der Waals surface area contributed by atoms with Crippen molar-refractivity contribution >= 4 is 31.7 Å². The molecule has 0 aliphatic rings. The van der Waals surface area contributed by atoms with Crippen molar-refractivity contribution in [2.24, 2.45) is 0 Å². The third-order valence-electron chi connectivity index (χ3n) is 2.24. The van der Waals surface area contributed by atoms with Crippen molar-refractivity contribution < 1.29 is 18.1 Å². The zero-order chi connectivity index (χ0) is 13.0. The number of hydrogen-bond acceptors (Lipinski definition) is 4. The second-order valence-electron chi connectivity index (χ2n) is 4.01. The van der Waals surface area contributed by atoms with Gasteiger partial charge in [0.2, 0.25) is 0 Å². The van der Waals surface area contributed by atoms with Gasteiger partial charge >= 0.3 is 31.7 Å². The Hall–Kier alpha value is 0.909. The van der Waals surface area contributed by atoms with Gasteiger partial charge in [-0.25, -0.2) is 4.57 Å². The molecule has 0 aromatic heterocycles. The van der Waals surface area contributed by atoms with E-state index >= 15 is 0 Å². The molecule has 0 aliphatic heterocycles. The van der Waals surface area contributed by atoms with Crippen molar-refractivity contribution in [3.63, 3.8) is 0 Å². The van der Waals surface area contributed by atoms with Gasteiger partial charge in [0.1, 0.15) is 0 Å².